The SMILES string of the molecule is CCOC(=O)N1CCC(=CC#N)CC1. The largest absolute Gasteiger partial charge is 0.450 e. The summed E-state index contributed by atoms with van der Waals surface area (Å²) in [5, 5.41) is 8.45. The lowest BCUT2D eigenvalue weighted by Crippen LogP contribution is -2.36. The minimum Gasteiger partial charge on any atom is -0.450 e. The van der Waals surface area contributed by atoms with E-state index >= 15 is 0 Å². The first-order valence-corrected chi connectivity index (χ1v) is 4.77. The molecule has 4 heteroatoms. The molecule has 0 aliphatic carbocycles. The van der Waals surface area contributed by atoms with Gasteiger partial charge in [-0.3, -0.25) is 0 Å². The third-order valence-electron chi connectivity index (χ3n) is 2.20. The van der Waals surface area contributed by atoms with E-state index in [0.29, 0.717) is 19.7 Å². The van der Waals surface area contributed by atoms with Crippen molar-refractivity contribution in [1.29, 1.82) is 5.26 Å². The van der Waals surface area contributed by atoms with Crippen molar-refractivity contribution in [1.82, 2.24) is 4.90 Å². The molecule has 0 unspecified atom stereocenters. The summed E-state index contributed by atoms with van der Waals surface area (Å²) in [7, 11) is 0. The van der Waals surface area contributed by atoms with Gasteiger partial charge in [-0.2, -0.15) is 5.26 Å². The summed E-state index contributed by atoms with van der Waals surface area (Å²) in [6.07, 6.45) is 2.89. The van der Waals surface area contributed by atoms with Crippen molar-refractivity contribution in [3.05, 3.63) is 11.6 Å². The maximum absolute atomic E-state index is 11.3. The molecule has 0 N–H and O–H groups in total. The molecule has 0 spiro atoms. The van der Waals surface area contributed by atoms with Crippen molar-refractivity contribution in [3.8, 4) is 6.07 Å². The fourth-order valence-corrected chi connectivity index (χ4v) is 1.43. The van der Waals surface area contributed by atoms with Gasteiger partial charge in [-0.25, -0.2) is 4.79 Å². The first-order valence-electron chi connectivity index (χ1n) is 4.77. The number of ether oxygens (including phenoxy) is 1. The smallest absolute Gasteiger partial charge is 0.409 e. The Hall–Kier alpha value is -1.50. The van der Waals surface area contributed by atoms with Gasteiger partial charge < -0.3 is 9.64 Å². The van der Waals surface area contributed by atoms with Crippen LogP contribution >= 0.6 is 0 Å². The highest BCUT2D eigenvalue weighted by Crippen LogP contribution is 2.16. The van der Waals surface area contributed by atoms with Gasteiger partial charge in [0.15, 0.2) is 0 Å². The van der Waals surface area contributed by atoms with Crippen LogP contribution in [0.1, 0.15) is 19.8 Å². The molecule has 0 saturated carbocycles. The van der Waals surface area contributed by atoms with Crippen molar-refractivity contribution in [3.63, 3.8) is 0 Å². The molecule has 1 rings (SSSR count). The molecule has 0 aromatic rings. The Kier molecular flexibility index (Phi) is 3.99. The van der Waals surface area contributed by atoms with Crippen molar-refractivity contribution < 1.29 is 9.53 Å². The van der Waals surface area contributed by atoms with Crippen molar-refractivity contribution >= 4 is 6.09 Å². The van der Waals surface area contributed by atoms with Crippen LogP contribution in [0, 0.1) is 11.3 Å². The minimum atomic E-state index is -0.247. The lowest BCUT2D eigenvalue weighted by atomic mass is 10.0. The van der Waals surface area contributed by atoms with E-state index in [9.17, 15) is 4.79 Å². The van der Waals surface area contributed by atoms with E-state index in [1.807, 2.05) is 6.07 Å². The zero-order valence-corrected chi connectivity index (χ0v) is 8.32. The van der Waals surface area contributed by atoms with Gasteiger partial charge in [0.05, 0.1) is 12.7 Å². The highest BCUT2D eigenvalue weighted by molar-refractivity contribution is 5.67. The Balaban J connectivity index is 2.40. The molecule has 4 nitrogen and oxygen atoms in total. The first kappa shape index (κ1) is 10.6. The van der Waals surface area contributed by atoms with Crippen molar-refractivity contribution in [2.24, 2.45) is 0 Å². The van der Waals surface area contributed by atoms with E-state index in [1.165, 1.54) is 0 Å². The Labute approximate surface area is 83.8 Å². The van der Waals surface area contributed by atoms with Gasteiger partial charge in [-0.05, 0) is 19.8 Å². The molecule has 0 aromatic heterocycles. The van der Waals surface area contributed by atoms with E-state index < -0.39 is 0 Å². The number of nitriles is 1. The Morgan fingerprint density at radius 2 is 2.29 bits per heavy atom. The number of piperidine rings is 1. The number of allylic oxidation sites excluding steroid dienone is 1. The van der Waals surface area contributed by atoms with Crippen LogP contribution in [-0.4, -0.2) is 30.7 Å². The average Bonchev–Trinajstić information content (AvgIpc) is 2.20. The van der Waals surface area contributed by atoms with Crippen LogP contribution in [0.5, 0.6) is 0 Å². The summed E-state index contributed by atoms with van der Waals surface area (Å²) < 4.78 is 4.88. The van der Waals surface area contributed by atoms with Gasteiger partial charge in [0.25, 0.3) is 0 Å². The quantitative estimate of drug-likeness (QED) is 0.597. The molecule has 1 fully saturated rings. The fraction of sp³-hybridized carbons (Fsp3) is 0.600. The third kappa shape index (κ3) is 2.77. The van der Waals surface area contributed by atoms with E-state index in [4.69, 9.17) is 10.00 Å². The highest BCUT2D eigenvalue weighted by Gasteiger charge is 2.19. The van der Waals surface area contributed by atoms with Gasteiger partial charge in [0.2, 0.25) is 0 Å². The number of carbonyl (C=O) groups is 1. The van der Waals surface area contributed by atoms with Gasteiger partial charge in [0, 0.05) is 19.2 Å². The minimum absolute atomic E-state index is 0.247. The van der Waals surface area contributed by atoms with Crippen LogP contribution in [0.2, 0.25) is 0 Å². The summed E-state index contributed by atoms with van der Waals surface area (Å²) in [5.74, 6) is 0. The number of hydrogen-bond donors (Lipinski definition) is 0. The van der Waals surface area contributed by atoms with E-state index in [2.05, 4.69) is 0 Å². The predicted molar refractivity (Wildman–Crippen MR) is 51.5 cm³/mol. The van der Waals surface area contributed by atoms with Gasteiger partial charge in [-0.15, -0.1) is 0 Å². The molecule has 1 amide bonds. The fourth-order valence-electron chi connectivity index (χ4n) is 1.43. The second kappa shape index (κ2) is 5.28. The maximum Gasteiger partial charge on any atom is 0.409 e. The van der Waals surface area contributed by atoms with Crippen molar-refractivity contribution in [2.45, 2.75) is 19.8 Å². The summed E-state index contributed by atoms with van der Waals surface area (Å²) >= 11 is 0. The molecule has 14 heavy (non-hydrogen) atoms. The number of hydrogen-bond acceptors (Lipinski definition) is 3. The number of nitrogens with zero attached hydrogens (tertiary/aromatic N) is 2. The molecular weight excluding hydrogens is 180 g/mol. The monoisotopic (exact) mass is 194 g/mol. The number of likely N-dealkylation sites (tertiary alicyclic amines) is 1. The molecule has 1 saturated heterocycles. The second-order valence-electron chi connectivity index (χ2n) is 3.12. The third-order valence-corrected chi connectivity index (χ3v) is 2.20. The molecule has 0 radical (unpaired) electrons. The van der Waals surface area contributed by atoms with Crippen LogP contribution in [0.25, 0.3) is 0 Å². The van der Waals surface area contributed by atoms with Crippen molar-refractivity contribution in [2.75, 3.05) is 19.7 Å². The van der Waals surface area contributed by atoms with Crippen LogP contribution < -0.4 is 0 Å². The van der Waals surface area contributed by atoms with Gasteiger partial charge in [-0.1, -0.05) is 5.57 Å². The summed E-state index contributed by atoms with van der Waals surface area (Å²) in [6.45, 7) is 3.53. The van der Waals surface area contributed by atoms with Crippen LogP contribution in [-0.2, 0) is 4.74 Å². The first-order chi connectivity index (χ1) is 6.77. The summed E-state index contributed by atoms with van der Waals surface area (Å²) in [6, 6.07) is 2.01. The topological polar surface area (TPSA) is 53.3 Å². The lowest BCUT2D eigenvalue weighted by molar-refractivity contribution is 0.104. The molecular formula is C10H14N2O2. The maximum atomic E-state index is 11.3. The van der Waals surface area contributed by atoms with Crippen LogP contribution in [0.4, 0.5) is 4.79 Å². The molecule has 0 aromatic carbocycles. The second-order valence-corrected chi connectivity index (χ2v) is 3.12. The van der Waals surface area contributed by atoms with E-state index in [1.54, 1.807) is 17.9 Å². The highest BCUT2D eigenvalue weighted by atomic mass is 16.6. The van der Waals surface area contributed by atoms with Crippen LogP contribution in [0.15, 0.2) is 11.6 Å². The normalized spacial score (nSPS) is 16.0. The van der Waals surface area contributed by atoms with Gasteiger partial charge >= 0.3 is 6.09 Å². The van der Waals surface area contributed by atoms with Gasteiger partial charge in [0.1, 0.15) is 0 Å². The summed E-state index contributed by atoms with van der Waals surface area (Å²) in [5.41, 5.74) is 1.12. The summed E-state index contributed by atoms with van der Waals surface area (Å²) in [4.78, 5) is 13.0. The standard InChI is InChI=1S/C10H14N2O2/c1-2-14-10(13)12-7-4-9(3-6-11)5-8-12/h3H,2,4-5,7-8H2,1H3. The Morgan fingerprint density at radius 3 is 2.79 bits per heavy atom. The number of amides is 1. The van der Waals surface area contributed by atoms with E-state index in [-0.39, 0.29) is 6.09 Å². The molecule has 0 atom stereocenters. The predicted octanol–water partition coefficient (Wildman–Crippen LogP) is 1.69. The zero-order valence-electron chi connectivity index (χ0n) is 8.32. The molecule has 76 valence electrons. The average molecular weight is 194 g/mol. The number of rotatable bonds is 1. The Morgan fingerprint density at radius 1 is 1.64 bits per heavy atom. The van der Waals surface area contributed by atoms with Crippen LogP contribution in [0.3, 0.4) is 0 Å². The molecule has 1 aliphatic rings. The molecule has 0 bridgehead atoms. The Bertz CT molecular complexity index is 268. The zero-order chi connectivity index (χ0) is 10.4. The lowest BCUT2D eigenvalue weighted by Gasteiger charge is -2.27. The number of carbonyl (C=O) groups excluding carboxylic acids is 1. The van der Waals surface area contributed by atoms with E-state index in [0.717, 1.165) is 18.4 Å². The molecule has 1 heterocycles. The molecule has 1 aliphatic heterocycles.